The molecule has 1 aliphatic carbocycles. The highest BCUT2D eigenvalue weighted by Gasteiger charge is 2.88. The Morgan fingerprint density at radius 3 is 3.00 bits per heavy atom. The Bertz CT molecular complexity index is 610. The molecule has 0 spiro atoms. The topological polar surface area (TPSA) is 120 Å². The second-order valence-electron chi connectivity index (χ2n) is 5.00. The van der Waals surface area contributed by atoms with E-state index in [1.165, 1.54) is 19.4 Å². The fourth-order valence-corrected chi connectivity index (χ4v) is 2.79. The zero-order valence-corrected chi connectivity index (χ0v) is 10.6. The fraction of sp³-hybridized carbons (Fsp3) is 0.636. The maximum atomic E-state index is 14.4. The molecule has 3 rings (SSSR count). The SMILES string of the molecule is COC[C@]12O[C@@H](n3ccc(N)nc3=O)[C@H](F)[C@@]1(O)C2O. The molecule has 1 saturated heterocycles. The van der Waals surface area contributed by atoms with Gasteiger partial charge < -0.3 is 25.4 Å². The molecule has 2 heterocycles. The van der Waals surface area contributed by atoms with Crippen molar-refractivity contribution in [2.24, 2.45) is 0 Å². The van der Waals surface area contributed by atoms with E-state index in [1.807, 2.05) is 0 Å². The van der Waals surface area contributed by atoms with E-state index in [9.17, 15) is 19.4 Å². The van der Waals surface area contributed by atoms with E-state index in [4.69, 9.17) is 15.2 Å². The Labute approximate surface area is 112 Å². The highest BCUT2D eigenvalue weighted by molar-refractivity contribution is 5.36. The van der Waals surface area contributed by atoms with Gasteiger partial charge in [-0.1, -0.05) is 0 Å². The summed E-state index contributed by atoms with van der Waals surface area (Å²) in [6.07, 6.45) is -3.56. The van der Waals surface area contributed by atoms with Crippen LogP contribution >= 0.6 is 0 Å². The Balaban J connectivity index is 1.97. The number of nitrogens with two attached hydrogens (primary N) is 1. The number of ether oxygens (including phenoxy) is 2. The first-order chi connectivity index (χ1) is 9.38. The van der Waals surface area contributed by atoms with Crippen LogP contribution in [-0.4, -0.2) is 57.0 Å². The average molecular weight is 287 g/mol. The standard InChI is InChI=1S/C11H14FN3O5/c1-19-4-10-8(16)11(10,18)6(12)7(20-10)15-3-2-5(13)14-9(15)17/h2-3,6-8,16,18H,4H2,1H3,(H2,13,14,17)/t6-,7+,8?,10+,11+/m0/s1. The van der Waals surface area contributed by atoms with E-state index in [0.717, 1.165) is 4.57 Å². The van der Waals surface area contributed by atoms with Crippen LogP contribution in [0.3, 0.4) is 0 Å². The van der Waals surface area contributed by atoms with E-state index in [-0.39, 0.29) is 12.4 Å². The number of aromatic nitrogens is 2. The van der Waals surface area contributed by atoms with E-state index in [2.05, 4.69) is 4.98 Å². The maximum Gasteiger partial charge on any atom is 0.351 e. The number of rotatable bonds is 3. The van der Waals surface area contributed by atoms with Gasteiger partial charge >= 0.3 is 5.69 Å². The van der Waals surface area contributed by atoms with Gasteiger partial charge in [-0.2, -0.15) is 4.98 Å². The molecule has 0 amide bonds. The number of alkyl halides is 1. The molecule has 2 aliphatic rings. The number of halogens is 1. The predicted octanol–water partition coefficient (Wildman–Crippen LogP) is -1.82. The molecule has 2 fully saturated rings. The van der Waals surface area contributed by atoms with Crippen molar-refractivity contribution in [3.63, 3.8) is 0 Å². The second kappa shape index (κ2) is 3.98. The monoisotopic (exact) mass is 287 g/mol. The number of methoxy groups -OCH3 is 1. The molecule has 0 radical (unpaired) electrons. The fourth-order valence-electron chi connectivity index (χ4n) is 2.79. The van der Waals surface area contributed by atoms with E-state index in [0.29, 0.717) is 0 Å². The molecule has 4 N–H and O–H groups in total. The van der Waals surface area contributed by atoms with Gasteiger partial charge in [0.05, 0.1) is 6.61 Å². The van der Waals surface area contributed by atoms with Crippen LogP contribution in [0.5, 0.6) is 0 Å². The Hall–Kier alpha value is -1.55. The van der Waals surface area contributed by atoms with E-state index >= 15 is 0 Å². The molecule has 1 unspecified atom stereocenters. The summed E-state index contributed by atoms with van der Waals surface area (Å²) >= 11 is 0. The molecule has 0 aromatic carbocycles. The van der Waals surface area contributed by atoms with Crippen LogP contribution in [0.4, 0.5) is 10.2 Å². The minimum Gasteiger partial charge on any atom is -0.387 e. The molecule has 1 saturated carbocycles. The molecule has 8 nitrogen and oxygen atoms in total. The molecule has 0 bridgehead atoms. The van der Waals surface area contributed by atoms with Crippen molar-refractivity contribution in [2.75, 3.05) is 19.5 Å². The lowest BCUT2D eigenvalue weighted by atomic mass is 10.1. The smallest absolute Gasteiger partial charge is 0.351 e. The third-order valence-electron chi connectivity index (χ3n) is 3.94. The summed E-state index contributed by atoms with van der Waals surface area (Å²) < 4.78 is 25.5. The van der Waals surface area contributed by atoms with Crippen LogP contribution in [0.15, 0.2) is 17.1 Å². The highest BCUT2D eigenvalue weighted by Crippen LogP contribution is 2.63. The summed E-state index contributed by atoms with van der Waals surface area (Å²) in [6, 6.07) is 1.31. The van der Waals surface area contributed by atoms with Gasteiger partial charge in [-0.05, 0) is 6.07 Å². The number of hydrogen-bond donors (Lipinski definition) is 3. The third kappa shape index (κ3) is 1.37. The van der Waals surface area contributed by atoms with Crippen molar-refractivity contribution in [3.8, 4) is 0 Å². The molecule has 1 aromatic rings. The number of aliphatic hydroxyl groups excluding tert-OH is 1. The summed E-state index contributed by atoms with van der Waals surface area (Å²) in [5.41, 5.74) is 0.897. The summed E-state index contributed by atoms with van der Waals surface area (Å²) in [7, 11) is 1.33. The molecule has 110 valence electrons. The normalized spacial score (nSPS) is 42.5. The van der Waals surface area contributed by atoms with Gasteiger partial charge in [0, 0.05) is 13.3 Å². The van der Waals surface area contributed by atoms with Gasteiger partial charge in [0.15, 0.2) is 23.6 Å². The lowest BCUT2D eigenvalue weighted by Gasteiger charge is -2.22. The summed E-state index contributed by atoms with van der Waals surface area (Å²) in [5.74, 6) is -0.00448. The average Bonchev–Trinajstić information content (AvgIpc) is 2.73. The minimum absolute atomic E-state index is 0.00448. The molecule has 1 aliphatic heterocycles. The van der Waals surface area contributed by atoms with Crippen molar-refractivity contribution in [1.82, 2.24) is 9.55 Å². The summed E-state index contributed by atoms with van der Waals surface area (Å²) in [6.45, 7) is -0.196. The first kappa shape index (κ1) is 13.4. The number of aliphatic hydroxyl groups is 2. The van der Waals surface area contributed by atoms with Crippen LogP contribution in [0, 0.1) is 0 Å². The van der Waals surface area contributed by atoms with E-state index < -0.39 is 35.4 Å². The van der Waals surface area contributed by atoms with Crippen molar-refractivity contribution in [2.45, 2.75) is 29.7 Å². The zero-order chi connectivity index (χ0) is 14.7. The number of anilines is 1. The van der Waals surface area contributed by atoms with Crippen LogP contribution in [0.2, 0.25) is 0 Å². The molecular formula is C11H14FN3O5. The minimum atomic E-state index is -2.09. The number of fused-ring (bicyclic) bond motifs is 1. The number of hydrogen-bond acceptors (Lipinski definition) is 7. The molecule has 20 heavy (non-hydrogen) atoms. The van der Waals surface area contributed by atoms with Gasteiger partial charge in [0.1, 0.15) is 11.9 Å². The lowest BCUT2D eigenvalue weighted by Crippen LogP contribution is -2.38. The predicted molar refractivity (Wildman–Crippen MR) is 63.5 cm³/mol. The van der Waals surface area contributed by atoms with Crippen molar-refractivity contribution < 1.29 is 24.1 Å². The van der Waals surface area contributed by atoms with Crippen LogP contribution in [-0.2, 0) is 9.47 Å². The quantitative estimate of drug-likeness (QED) is 0.599. The number of nitrogens with zero attached hydrogens (tertiary/aromatic N) is 2. The van der Waals surface area contributed by atoms with Gasteiger partial charge in [-0.25, -0.2) is 9.18 Å². The molecule has 1 aromatic heterocycles. The van der Waals surface area contributed by atoms with Gasteiger partial charge in [0.25, 0.3) is 0 Å². The maximum absolute atomic E-state index is 14.4. The van der Waals surface area contributed by atoms with Crippen LogP contribution in [0.25, 0.3) is 0 Å². The number of nitrogen functional groups attached to an aromatic ring is 1. The Morgan fingerprint density at radius 1 is 1.70 bits per heavy atom. The van der Waals surface area contributed by atoms with E-state index in [1.54, 1.807) is 0 Å². The van der Waals surface area contributed by atoms with Crippen molar-refractivity contribution in [1.29, 1.82) is 0 Å². The summed E-state index contributed by atoms with van der Waals surface area (Å²) in [5, 5.41) is 19.9. The molecule has 9 heteroatoms. The molecule has 5 atom stereocenters. The zero-order valence-electron chi connectivity index (χ0n) is 10.6. The van der Waals surface area contributed by atoms with Crippen molar-refractivity contribution in [3.05, 3.63) is 22.7 Å². The lowest BCUT2D eigenvalue weighted by molar-refractivity contribution is -0.111. The summed E-state index contributed by atoms with van der Waals surface area (Å²) in [4.78, 5) is 15.2. The largest absolute Gasteiger partial charge is 0.387 e. The Morgan fingerprint density at radius 2 is 2.40 bits per heavy atom. The first-order valence-corrected chi connectivity index (χ1v) is 5.94. The van der Waals surface area contributed by atoms with Crippen LogP contribution < -0.4 is 11.4 Å². The van der Waals surface area contributed by atoms with Gasteiger partial charge in [0.2, 0.25) is 0 Å². The van der Waals surface area contributed by atoms with Crippen molar-refractivity contribution >= 4 is 5.82 Å². The molecular weight excluding hydrogens is 273 g/mol. The second-order valence-corrected chi connectivity index (χ2v) is 5.00. The van der Waals surface area contributed by atoms with Crippen LogP contribution in [0.1, 0.15) is 6.23 Å². The highest BCUT2D eigenvalue weighted by atomic mass is 19.1. The Kier molecular flexibility index (Phi) is 2.67. The third-order valence-corrected chi connectivity index (χ3v) is 3.94. The van der Waals surface area contributed by atoms with Gasteiger partial charge in [-0.15, -0.1) is 0 Å². The van der Waals surface area contributed by atoms with Gasteiger partial charge in [-0.3, -0.25) is 4.57 Å². The first-order valence-electron chi connectivity index (χ1n) is 5.94.